The highest BCUT2D eigenvalue weighted by Crippen LogP contribution is 2.16. The van der Waals surface area contributed by atoms with Gasteiger partial charge in [0.2, 0.25) is 0 Å². The number of hydrogen-bond donors (Lipinski definition) is 1. The van der Waals surface area contributed by atoms with Crippen LogP contribution in [0.5, 0.6) is 0 Å². The Morgan fingerprint density at radius 1 is 1.47 bits per heavy atom. The van der Waals surface area contributed by atoms with Gasteiger partial charge >= 0.3 is 0 Å². The normalized spacial score (nSPS) is 18.5. The third-order valence-electron chi connectivity index (χ3n) is 3.20. The topological polar surface area (TPSA) is 15.3 Å². The summed E-state index contributed by atoms with van der Waals surface area (Å²) in [7, 11) is 0. The van der Waals surface area contributed by atoms with E-state index in [1.165, 1.54) is 38.0 Å². The first-order valence-electron chi connectivity index (χ1n) is 5.86. The Kier molecular flexibility index (Phi) is 4.18. The fraction of sp³-hybridized carbons (Fsp3) is 0.667. The van der Waals surface area contributed by atoms with Crippen molar-refractivity contribution >= 4 is 11.3 Å². The van der Waals surface area contributed by atoms with Gasteiger partial charge in [0.05, 0.1) is 0 Å². The molecule has 3 heteroatoms. The Morgan fingerprint density at radius 3 is 2.87 bits per heavy atom. The van der Waals surface area contributed by atoms with Crippen LogP contribution in [-0.4, -0.2) is 30.6 Å². The fourth-order valence-corrected chi connectivity index (χ4v) is 2.95. The highest BCUT2D eigenvalue weighted by atomic mass is 32.1. The maximum atomic E-state index is 3.43. The maximum absolute atomic E-state index is 3.43. The standard InChI is InChI=1S/C12H20N2S/c1-2-14(9-11-5-8-15-10-11)12-3-6-13-7-4-12/h5,8,10,12-13H,2-4,6-7,9H2,1H3. The summed E-state index contributed by atoms with van der Waals surface area (Å²) in [6, 6.07) is 3.03. The second-order valence-corrected chi connectivity index (χ2v) is 4.96. The Bertz CT molecular complexity index is 265. The molecule has 1 fully saturated rings. The van der Waals surface area contributed by atoms with E-state index in [0.29, 0.717) is 0 Å². The molecule has 2 heterocycles. The van der Waals surface area contributed by atoms with Crippen molar-refractivity contribution in [3.05, 3.63) is 22.4 Å². The van der Waals surface area contributed by atoms with Crippen LogP contribution in [0.3, 0.4) is 0 Å². The van der Waals surface area contributed by atoms with Crippen molar-refractivity contribution in [2.75, 3.05) is 19.6 Å². The lowest BCUT2D eigenvalue weighted by Crippen LogP contribution is -2.42. The summed E-state index contributed by atoms with van der Waals surface area (Å²) in [5.41, 5.74) is 1.47. The summed E-state index contributed by atoms with van der Waals surface area (Å²) in [5, 5.41) is 7.87. The summed E-state index contributed by atoms with van der Waals surface area (Å²) in [5.74, 6) is 0. The van der Waals surface area contributed by atoms with Gasteiger partial charge in [-0.3, -0.25) is 4.90 Å². The third-order valence-corrected chi connectivity index (χ3v) is 3.93. The number of nitrogens with one attached hydrogen (secondary N) is 1. The smallest absolute Gasteiger partial charge is 0.0244 e. The minimum atomic E-state index is 0.788. The van der Waals surface area contributed by atoms with Gasteiger partial charge < -0.3 is 5.32 Å². The Hall–Kier alpha value is -0.380. The average Bonchev–Trinajstić information content (AvgIpc) is 2.80. The summed E-state index contributed by atoms with van der Waals surface area (Å²) in [6.45, 7) is 6.94. The van der Waals surface area contributed by atoms with Crippen molar-refractivity contribution in [3.63, 3.8) is 0 Å². The zero-order valence-corrected chi connectivity index (χ0v) is 10.2. The fourth-order valence-electron chi connectivity index (χ4n) is 2.29. The van der Waals surface area contributed by atoms with Gasteiger partial charge in [-0.2, -0.15) is 11.3 Å². The van der Waals surface area contributed by atoms with E-state index in [4.69, 9.17) is 0 Å². The van der Waals surface area contributed by atoms with E-state index in [1.807, 2.05) is 0 Å². The van der Waals surface area contributed by atoms with Gasteiger partial charge in [-0.25, -0.2) is 0 Å². The van der Waals surface area contributed by atoms with E-state index in [9.17, 15) is 0 Å². The van der Waals surface area contributed by atoms with Crippen LogP contribution >= 0.6 is 11.3 Å². The van der Waals surface area contributed by atoms with Gasteiger partial charge in [-0.1, -0.05) is 6.92 Å². The molecule has 0 atom stereocenters. The molecule has 1 aromatic rings. The molecule has 15 heavy (non-hydrogen) atoms. The lowest BCUT2D eigenvalue weighted by atomic mass is 10.0. The Balaban J connectivity index is 1.91. The minimum Gasteiger partial charge on any atom is -0.317 e. The lowest BCUT2D eigenvalue weighted by Gasteiger charge is -2.33. The van der Waals surface area contributed by atoms with E-state index in [2.05, 4.69) is 34.0 Å². The van der Waals surface area contributed by atoms with Crippen molar-refractivity contribution in [2.45, 2.75) is 32.4 Å². The molecule has 0 aromatic carbocycles. The largest absolute Gasteiger partial charge is 0.317 e. The van der Waals surface area contributed by atoms with Gasteiger partial charge in [0.15, 0.2) is 0 Å². The predicted molar refractivity (Wildman–Crippen MR) is 66.3 cm³/mol. The molecule has 0 spiro atoms. The van der Waals surface area contributed by atoms with E-state index in [-0.39, 0.29) is 0 Å². The molecule has 1 N–H and O–H groups in total. The summed E-state index contributed by atoms with van der Waals surface area (Å²) < 4.78 is 0. The van der Waals surface area contributed by atoms with Gasteiger partial charge in [0.1, 0.15) is 0 Å². The first-order valence-corrected chi connectivity index (χ1v) is 6.80. The van der Waals surface area contributed by atoms with Crippen LogP contribution in [0.2, 0.25) is 0 Å². The quantitative estimate of drug-likeness (QED) is 0.844. The molecule has 1 aliphatic heterocycles. The molecular formula is C12H20N2S. The van der Waals surface area contributed by atoms with E-state index >= 15 is 0 Å². The number of hydrogen-bond acceptors (Lipinski definition) is 3. The predicted octanol–water partition coefficient (Wildman–Crippen LogP) is 2.32. The summed E-state index contributed by atoms with van der Waals surface area (Å²) >= 11 is 1.80. The molecule has 1 saturated heterocycles. The zero-order chi connectivity index (χ0) is 10.5. The molecule has 1 aliphatic rings. The monoisotopic (exact) mass is 224 g/mol. The highest BCUT2D eigenvalue weighted by molar-refractivity contribution is 7.07. The third kappa shape index (κ3) is 3.03. The minimum absolute atomic E-state index is 0.788. The number of rotatable bonds is 4. The molecule has 0 bridgehead atoms. The number of nitrogens with zero attached hydrogens (tertiary/aromatic N) is 1. The van der Waals surface area contributed by atoms with Crippen LogP contribution < -0.4 is 5.32 Å². The molecule has 2 rings (SSSR count). The molecular weight excluding hydrogens is 204 g/mol. The maximum Gasteiger partial charge on any atom is 0.0244 e. The second kappa shape index (κ2) is 5.64. The van der Waals surface area contributed by atoms with Crippen molar-refractivity contribution in [1.29, 1.82) is 0 Å². The molecule has 0 aliphatic carbocycles. The molecule has 2 nitrogen and oxygen atoms in total. The molecule has 0 unspecified atom stereocenters. The highest BCUT2D eigenvalue weighted by Gasteiger charge is 2.19. The van der Waals surface area contributed by atoms with E-state index in [1.54, 1.807) is 11.3 Å². The first kappa shape index (κ1) is 11.1. The van der Waals surface area contributed by atoms with Crippen molar-refractivity contribution < 1.29 is 0 Å². The van der Waals surface area contributed by atoms with Crippen LogP contribution in [0.1, 0.15) is 25.3 Å². The average molecular weight is 224 g/mol. The van der Waals surface area contributed by atoms with Crippen molar-refractivity contribution in [1.82, 2.24) is 10.2 Å². The first-order chi connectivity index (χ1) is 7.40. The van der Waals surface area contributed by atoms with Gasteiger partial charge in [0.25, 0.3) is 0 Å². The molecule has 0 saturated carbocycles. The molecule has 0 radical (unpaired) electrons. The van der Waals surface area contributed by atoms with Gasteiger partial charge in [-0.05, 0) is 54.9 Å². The Morgan fingerprint density at radius 2 is 2.27 bits per heavy atom. The molecule has 0 amide bonds. The number of piperidine rings is 1. The van der Waals surface area contributed by atoms with Crippen molar-refractivity contribution in [2.24, 2.45) is 0 Å². The Labute approximate surface area is 96.3 Å². The molecule has 84 valence electrons. The zero-order valence-electron chi connectivity index (χ0n) is 9.41. The van der Waals surface area contributed by atoms with Gasteiger partial charge in [-0.15, -0.1) is 0 Å². The van der Waals surface area contributed by atoms with E-state index in [0.717, 1.165) is 12.6 Å². The SMILES string of the molecule is CCN(Cc1ccsc1)C1CCNCC1. The van der Waals surface area contributed by atoms with E-state index < -0.39 is 0 Å². The lowest BCUT2D eigenvalue weighted by molar-refractivity contribution is 0.162. The van der Waals surface area contributed by atoms with Crippen LogP contribution in [0.15, 0.2) is 16.8 Å². The summed E-state index contributed by atoms with van der Waals surface area (Å²) in [6.07, 6.45) is 2.61. The second-order valence-electron chi connectivity index (χ2n) is 4.18. The van der Waals surface area contributed by atoms with Crippen LogP contribution in [0.4, 0.5) is 0 Å². The van der Waals surface area contributed by atoms with Crippen LogP contribution in [0, 0.1) is 0 Å². The van der Waals surface area contributed by atoms with Crippen LogP contribution in [0.25, 0.3) is 0 Å². The molecule has 1 aromatic heterocycles. The number of thiophene rings is 1. The van der Waals surface area contributed by atoms with Crippen LogP contribution in [-0.2, 0) is 6.54 Å². The summed E-state index contributed by atoms with van der Waals surface area (Å²) in [4.78, 5) is 2.61. The van der Waals surface area contributed by atoms with Gasteiger partial charge in [0, 0.05) is 12.6 Å². The van der Waals surface area contributed by atoms with Crippen molar-refractivity contribution in [3.8, 4) is 0 Å².